The normalized spacial score (nSPS) is 17.8. The first kappa shape index (κ1) is 21.1. The smallest absolute Gasteiger partial charge is 0.248 e. The summed E-state index contributed by atoms with van der Waals surface area (Å²) in [5.41, 5.74) is 5.68. The molecule has 33 heavy (non-hydrogen) atoms. The molecule has 0 bridgehead atoms. The third-order valence-electron chi connectivity index (χ3n) is 6.61. The van der Waals surface area contributed by atoms with Gasteiger partial charge < -0.3 is 15.2 Å². The first-order valence-corrected chi connectivity index (χ1v) is 11.3. The van der Waals surface area contributed by atoms with Crippen molar-refractivity contribution in [3.05, 3.63) is 71.0 Å². The predicted molar refractivity (Wildman–Crippen MR) is 125 cm³/mol. The SMILES string of the molecule is CN1C(=O)CCC1C(=O)Nc1cc(-c2[nH]c3c(c2Cc2ccccc2)C(=O)CCC3)ccn1. The number of amides is 2. The van der Waals surface area contributed by atoms with Gasteiger partial charge in [0.15, 0.2) is 5.78 Å². The number of pyridine rings is 1. The number of nitrogens with one attached hydrogen (secondary N) is 2. The molecule has 168 valence electrons. The van der Waals surface area contributed by atoms with Gasteiger partial charge in [0.05, 0.1) is 5.69 Å². The lowest BCUT2D eigenvalue weighted by atomic mass is 9.90. The van der Waals surface area contributed by atoms with Crippen LogP contribution in [0.1, 0.15) is 52.9 Å². The van der Waals surface area contributed by atoms with Crippen molar-refractivity contribution < 1.29 is 14.4 Å². The van der Waals surface area contributed by atoms with Gasteiger partial charge in [-0.15, -0.1) is 0 Å². The number of carbonyl (C=O) groups excluding carboxylic acids is 3. The minimum absolute atomic E-state index is 0.0240. The van der Waals surface area contributed by atoms with Gasteiger partial charge in [-0.3, -0.25) is 14.4 Å². The molecule has 2 amide bonds. The zero-order valence-electron chi connectivity index (χ0n) is 18.6. The number of aryl methyl sites for hydroxylation is 1. The molecule has 7 nitrogen and oxygen atoms in total. The average Bonchev–Trinajstić information content (AvgIpc) is 3.35. The number of carbonyl (C=O) groups is 3. The second-order valence-corrected chi connectivity index (χ2v) is 8.75. The fourth-order valence-corrected chi connectivity index (χ4v) is 4.87. The van der Waals surface area contributed by atoms with E-state index in [1.165, 1.54) is 4.90 Å². The molecule has 2 N–H and O–H groups in total. The molecule has 2 aromatic heterocycles. The van der Waals surface area contributed by atoms with Crippen molar-refractivity contribution in [3.8, 4) is 11.3 Å². The Balaban J connectivity index is 1.49. The van der Waals surface area contributed by atoms with Crippen molar-refractivity contribution in [2.24, 2.45) is 0 Å². The number of aromatic nitrogens is 2. The maximum Gasteiger partial charge on any atom is 0.248 e. The van der Waals surface area contributed by atoms with E-state index in [1.54, 1.807) is 13.2 Å². The largest absolute Gasteiger partial charge is 0.358 e. The molecule has 5 rings (SSSR count). The van der Waals surface area contributed by atoms with Gasteiger partial charge in [-0.1, -0.05) is 30.3 Å². The van der Waals surface area contributed by atoms with Gasteiger partial charge in [-0.2, -0.15) is 0 Å². The minimum Gasteiger partial charge on any atom is -0.358 e. The van der Waals surface area contributed by atoms with Crippen LogP contribution in [0, 0.1) is 0 Å². The molecule has 3 aromatic rings. The van der Waals surface area contributed by atoms with E-state index in [0.29, 0.717) is 31.5 Å². The van der Waals surface area contributed by atoms with Crippen molar-refractivity contribution >= 4 is 23.4 Å². The Hall–Kier alpha value is -3.74. The molecule has 2 aliphatic rings. The highest BCUT2D eigenvalue weighted by Crippen LogP contribution is 2.35. The molecule has 1 aliphatic carbocycles. The first-order chi connectivity index (χ1) is 16.0. The Bertz CT molecular complexity index is 1230. The summed E-state index contributed by atoms with van der Waals surface area (Å²) in [5.74, 6) is 0.346. The van der Waals surface area contributed by atoms with Crippen molar-refractivity contribution in [2.45, 2.75) is 44.6 Å². The molecule has 1 aliphatic heterocycles. The van der Waals surface area contributed by atoms with Crippen molar-refractivity contribution in [2.75, 3.05) is 12.4 Å². The third-order valence-corrected chi connectivity index (χ3v) is 6.61. The number of likely N-dealkylation sites (tertiary alicyclic amines) is 1. The van der Waals surface area contributed by atoms with Crippen LogP contribution in [-0.4, -0.2) is 45.6 Å². The number of likely N-dealkylation sites (N-methyl/N-ethyl adjacent to an activating group) is 1. The Morgan fingerprint density at radius 1 is 1.15 bits per heavy atom. The van der Waals surface area contributed by atoms with Crippen LogP contribution in [0.25, 0.3) is 11.3 Å². The average molecular weight is 443 g/mol. The van der Waals surface area contributed by atoms with Crippen LogP contribution >= 0.6 is 0 Å². The van der Waals surface area contributed by atoms with Crippen LogP contribution in [0.3, 0.4) is 0 Å². The Morgan fingerprint density at radius 2 is 1.97 bits per heavy atom. The number of H-pyrrole nitrogens is 1. The number of aromatic amines is 1. The second-order valence-electron chi connectivity index (χ2n) is 8.75. The number of anilines is 1. The van der Waals surface area contributed by atoms with Gasteiger partial charge in [-0.25, -0.2) is 4.98 Å². The van der Waals surface area contributed by atoms with Gasteiger partial charge in [0, 0.05) is 49.3 Å². The minimum atomic E-state index is -0.480. The third kappa shape index (κ3) is 4.06. The lowest BCUT2D eigenvalue weighted by Crippen LogP contribution is -2.39. The van der Waals surface area contributed by atoms with Gasteiger partial charge >= 0.3 is 0 Å². The van der Waals surface area contributed by atoms with E-state index in [4.69, 9.17) is 0 Å². The molecular weight excluding hydrogens is 416 g/mol. The van der Waals surface area contributed by atoms with Gasteiger partial charge in [0.2, 0.25) is 11.8 Å². The van der Waals surface area contributed by atoms with E-state index in [0.717, 1.165) is 46.5 Å². The molecule has 0 spiro atoms. The number of hydrogen-bond acceptors (Lipinski definition) is 4. The monoisotopic (exact) mass is 442 g/mol. The fraction of sp³-hybridized carbons (Fsp3) is 0.308. The molecule has 1 aromatic carbocycles. The van der Waals surface area contributed by atoms with Crippen LogP contribution < -0.4 is 5.32 Å². The molecule has 1 unspecified atom stereocenters. The van der Waals surface area contributed by atoms with Crippen molar-refractivity contribution in [3.63, 3.8) is 0 Å². The van der Waals surface area contributed by atoms with Gasteiger partial charge in [0.25, 0.3) is 0 Å². The van der Waals surface area contributed by atoms with Crippen LogP contribution in [0.2, 0.25) is 0 Å². The number of benzene rings is 1. The van der Waals surface area contributed by atoms with E-state index in [2.05, 4.69) is 27.4 Å². The fourth-order valence-electron chi connectivity index (χ4n) is 4.87. The van der Waals surface area contributed by atoms with Crippen LogP contribution in [-0.2, 0) is 22.4 Å². The number of rotatable bonds is 5. The standard InChI is InChI=1S/C26H26N4O3/c1-30-20(10-11-23(30)32)26(33)29-22-15-17(12-13-27-22)25-18(14-16-6-3-2-4-7-16)24-19(28-25)8-5-9-21(24)31/h2-4,6-7,12-13,15,20,28H,5,8-11,14H2,1H3,(H,27,29,33). The van der Waals surface area contributed by atoms with Crippen LogP contribution in [0.4, 0.5) is 5.82 Å². The molecular formula is C26H26N4O3. The number of nitrogens with zero attached hydrogens (tertiary/aromatic N) is 2. The maximum absolute atomic E-state index is 12.8. The summed E-state index contributed by atoms with van der Waals surface area (Å²) in [5, 5.41) is 2.86. The first-order valence-electron chi connectivity index (χ1n) is 11.3. The zero-order chi connectivity index (χ0) is 22.9. The number of Topliss-reactive ketones (excluding diaryl/α,β-unsaturated/α-hetero) is 1. The number of ketones is 1. The maximum atomic E-state index is 12.8. The molecule has 0 radical (unpaired) electrons. The van der Waals surface area contributed by atoms with E-state index in [-0.39, 0.29) is 17.6 Å². The van der Waals surface area contributed by atoms with E-state index < -0.39 is 6.04 Å². The van der Waals surface area contributed by atoms with Crippen molar-refractivity contribution in [1.29, 1.82) is 0 Å². The summed E-state index contributed by atoms with van der Waals surface area (Å²) < 4.78 is 0. The number of fused-ring (bicyclic) bond motifs is 1. The summed E-state index contributed by atoms with van der Waals surface area (Å²) in [6.07, 6.45) is 5.45. The summed E-state index contributed by atoms with van der Waals surface area (Å²) in [6, 6.07) is 13.3. The molecule has 1 atom stereocenters. The highest BCUT2D eigenvalue weighted by atomic mass is 16.2. The topological polar surface area (TPSA) is 95.2 Å². The highest BCUT2D eigenvalue weighted by molar-refractivity contribution is 6.02. The zero-order valence-corrected chi connectivity index (χ0v) is 18.6. The summed E-state index contributed by atoms with van der Waals surface area (Å²) in [6.45, 7) is 0. The highest BCUT2D eigenvalue weighted by Gasteiger charge is 2.33. The summed E-state index contributed by atoms with van der Waals surface area (Å²) in [4.78, 5) is 46.7. The molecule has 1 fully saturated rings. The lowest BCUT2D eigenvalue weighted by molar-refractivity contribution is -0.131. The molecule has 1 saturated heterocycles. The molecule has 7 heteroatoms. The molecule has 0 saturated carbocycles. The van der Waals surface area contributed by atoms with Crippen molar-refractivity contribution in [1.82, 2.24) is 14.9 Å². The van der Waals surface area contributed by atoms with E-state index in [9.17, 15) is 14.4 Å². The lowest BCUT2D eigenvalue weighted by Gasteiger charge is -2.19. The second kappa shape index (κ2) is 8.65. The Kier molecular flexibility index (Phi) is 5.54. The molecule has 3 heterocycles. The Morgan fingerprint density at radius 3 is 2.73 bits per heavy atom. The quantitative estimate of drug-likeness (QED) is 0.629. The van der Waals surface area contributed by atoms with Gasteiger partial charge in [0.1, 0.15) is 11.9 Å². The summed E-state index contributed by atoms with van der Waals surface area (Å²) >= 11 is 0. The van der Waals surface area contributed by atoms with E-state index in [1.807, 2.05) is 30.3 Å². The predicted octanol–water partition coefficient (Wildman–Crippen LogP) is 3.75. The van der Waals surface area contributed by atoms with Crippen LogP contribution in [0.5, 0.6) is 0 Å². The Labute approximate surface area is 192 Å². The van der Waals surface area contributed by atoms with E-state index >= 15 is 0 Å². The summed E-state index contributed by atoms with van der Waals surface area (Å²) in [7, 11) is 1.65. The van der Waals surface area contributed by atoms with Crippen LogP contribution in [0.15, 0.2) is 48.7 Å². The van der Waals surface area contributed by atoms with Gasteiger partial charge in [-0.05, 0) is 42.5 Å². The number of hydrogen-bond donors (Lipinski definition) is 2.